The van der Waals surface area contributed by atoms with Crippen molar-refractivity contribution in [3.05, 3.63) is 65.5 Å². The molecule has 0 saturated heterocycles. The quantitative estimate of drug-likeness (QED) is 0.830. The molecule has 104 valence electrons. The summed E-state index contributed by atoms with van der Waals surface area (Å²) < 4.78 is 0. The van der Waals surface area contributed by atoms with Crippen molar-refractivity contribution in [2.75, 3.05) is 0 Å². The zero-order chi connectivity index (χ0) is 14.4. The SMILES string of the molecule is Cc1cccnc1CNC(=O)C(S)Cc1ccccc1. The van der Waals surface area contributed by atoms with Gasteiger partial charge >= 0.3 is 0 Å². The molecule has 1 unspecified atom stereocenters. The van der Waals surface area contributed by atoms with Gasteiger partial charge in [0.05, 0.1) is 17.5 Å². The Kier molecular flexibility index (Phi) is 5.18. The van der Waals surface area contributed by atoms with Crippen LogP contribution in [-0.2, 0) is 17.8 Å². The molecule has 1 aromatic heterocycles. The Morgan fingerprint density at radius 3 is 2.70 bits per heavy atom. The van der Waals surface area contributed by atoms with Crippen molar-refractivity contribution in [3.8, 4) is 0 Å². The van der Waals surface area contributed by atoms with Gasteiger partial charge in [0.1, 0.15) is 0 Å². The number of thiol groups is 1. The largest absolute Gasteiger partial charge is 0.349 e. The Labute approximate surface area is 124 Å². The van der Waals surface area contributed by atoms with E-state index in [1.807, 2.05) is 49.4 Å². The third kappa shape index (κ3) is 4.10. The summed E-state index contributed by atoms with van der Waals surface area (Å²) in [5.41, 5.74) is 3.07. The van der Waals surface area contributed by atoms with E-state index in [0.717, 1.165) is 16.8 Å². The van der Waals surface area contributed by atoms with Gasteiger partial charge in [0.25, 0.3) is 0 Å². The summed E-state index contributed by atoms with van der Waals surface area (Å²) in [6.45, 7) is 2.42. The molecule has 1 atom stereocenters. The second-order valence-electron chi connectivity index (χ2n) is 4.69. The van der Waals surface area contributed by atoms with Gasteiger partial charge in [0, 0.05) is 6.20 Å². The summed E-state index contributed by atoms with van der Waals surface area (Å²) in [5, 5.41) is 2.54. The first-order valence-electron chi connectivity index (χ1n) is 6.57. The van der Waals surface area contributed by atoms with Gasteiger partial charge < -0.3 is 5.32 Å². The highest BCUT2D eigenvalue weighted by molar-refractivity contribution is 7.81. The molecule has 0 bridgehead atoms. The van der Waals surface area contributed by atoms with Gasteiger partial charge in [0.2, 0.25) is 5.91 Å². The maximum absolute atomic E-state index is 12.0. The zero-order valence-electron chi connectivity index (χ0n) is 11.4. The summed E-state index contributed by atoms with van der Waals surface area (Å²) in [5.74, 6) is -0.0674. The van der Waals surface area contributed by atoms with Crippen LogP contribution in [0.3, 0.4) is 0 Å². The van der Waals surface area contributed by atoms with Crippen molar-refractivity contribution in [2.24, 2.45) is 0 Å². The highest BCUT2D eigenvalue weighted by Crippen LogP contribution is 2.08. The topological polar surface area (TPSA) is 42.0 Å². The number of rotatable bonds is 5. The normalized spacial score (nSPS) is 11.9. The van der Waals surface area contributed by atoms with Gasteiger partial charge in [-0.1, -0.05) is 36.4 Å². The average molecular weight is 286 g/mol. The molecular formula is C16H18N2OS. The summed E-state index contributed by atoms with van der Waals surface area (Å²) in [4.78, 5) is 16.3. The van der Waals surface area contributed by atoms with Crippen LogP contribution in [0, 0.1) is 6.92 Å². The molecule has 1 N–H and O–H groups in total. The first kappa shape index (κ1) is 14.6. The van der Waals surface area contributed by atoms with Gasteiger partial charge in [-0.05, 0) is 30.5 Å². The van der Waals surface area contributed by atoms with E-state index < -0.39 is 0 Å². The van der Waals surface area contributed by atoms with E-state index in [4.69, 9.17) is 0 Å². The maximum Gasteiger partial charge on any atom is 0.233 e. The van der Waals surface area contributed by atoms with Crippen LogP contribution in [0.4, 0.5) is 0 Å². The van der Waals surface area contributed by atoms with E-state index in [-0.39, 0.29) is 11.2 Å². The Balaban J connectivity index is 1.87. The first-order chi connectivity index (χ1) is 9.66. The highest BCUT2D eigenvalue weighted by Gasteiger charge is 2.14. The number of nitrogens with zero attached hydrogens (tertiary/aromatic N) is 1. The van der Waals surface area contributed by atoms with Crippen molar-refractivity contribution in [1.29, 1.82) is 0 Å². The molecule has 1 amide bonds. The molecule has 0 spiro atoms. The number of carbonyl (C=O) groups is 1. The molecule has 0 radical (unpaired) electrons. The third-order valence-corrected chi connectivity index (χ3v) is 3.54. The number of aryl methyl sites for hydroxylation is 1. The molecular weight excluding hydrogens is 268 g/mol. The minimum absolute atomic E-state index is 0.0674. The number of carbonyl (C=O) groups excluding carboxylic acids is 1. The molecule has 4 heteroatoms. The maximum atomic E-state index is 12.0. The lowest BCUT2D eigenvalue weighted by atomic mass is 10.1. The molecule has 1 heterocycles. The lowest BCUT2D eigenvalue weighted by molar-refractivity contribution is -0.120. The minimum atomic E-state index is -0.346. The number of hydrogen-bond donors (Lipinski definition) is 2. The molecule has 2 rings (SSSR count). The fourth-order valence-corrected chi connectivity index (χ4v) is 2.22. The standard InChI is InChI=1S/C16H18N2OS/c1-12-6-5-9-17-14(12)11-18-16(19)15(20)10-13-7-3-2-4-8-13/h2-9,15,20H,10-11H2,1H3,(H,18,19). The van der Waals surface area contributed by atoms with E-state index in [9.17, 15) is 4.79 Å². The van der Waals surface area contributed by atoms with E-state index in [0.29, 0.717) is 13.0 Å². The zero-order valence-corrected chi connectivity index (χ0v) is 12.3. The molecule has 0 fully saturated rings. The molecule has 3 nitrogen and oxygen atoms in total. The fourth-order valence-electron chi connectivity index (χ4n) is 1.92. The first-order valence-corrected chi connectivity index (χ1v) is 7.08. The number of hydrogen-bond acceptors (Lipinski definition) is 3. The van der Waals surface area contributed by atoms with Crippen LogP contribution >= 0.6 is 12.6 Å². The van der Waals surface area contributed by atoms with E-state index in [2.05, 4.69) is 22.9 Å². The van der Waals surface area contributed by atoms with Crippen LogP contribution in [0.1, 0.15) is 16.8 Å². The monoisotopic (exact) mass is 286 g/mol. The highest BCUT2D eigenvalue weighted by atomic mass is 32.1. The third-order valence-electron chi connectivity index (χ3n) is 3.12. The fraction of sp³-hybridized carbons (Fsp3) is 0.250. The Morgan fingerprint density at radius 1 is 1.25 bits per heavy atom. The summed E-state index contributed by atoms with van der Waals surface area (Å²) in [6.07, 6.45) is 2.35. The second kappa shape index (κ2) is 7.10. The van der Waals surface area contributed by atoms with Crippen molar-refractivity contribution in [1.82, 2.24) is 10.3 Å². The lowest BCUT2D eigenvalue weighted by Crippen LogP contribution is -2.32. The summed E-state index contributed by atoms with van der Waals surface area (Å²) >= 11 is 4.38. The number of benzene rings is 1. The molecule has 1 aromatic carbocycles. The Hall–Kier alpha value is -1.81. The molecule has 0 aliphatic carbocycles. The summed E-state index contributed by atoms with van der Waals surface area (Å²) in [7, 11) is 0. The Bertz CT molecular complexity index is 572. The summed E-state index contributed by atoms with van der Waals surface area (Å²) in [6, 6.07) is 13.8. The molecule has 0 saturated carbocycles. The van der Waals surface area contributed by atoms with Gasteiger partial charge in [-0.15, -0.1) is 0 Å². The predicted octanol–water partition coefficient (Wildman–Crippen LogP) is 2.55. The number of pyridine rings is 1. The molecule has 20 heavy (non-hydrogen) atoms. The van der Waals surface area contributed by atoms with Gasteiger partial charge in [0.15, 0.2) is 0 Å². The van der Waals surface area contributed by atoms with Crippen LogP contribution in [0.2, 0.25) is 0 Å². The molecule has 0 aliphatic rings. The van der Waals surface area contributed by atoms with Crippen molar-refractivity contribution in [3.63, 3.8) is 0 Å². The van der Waals surface area contributed by atoms with Crippen LogP contribution in [0.25, 0.3) is 0 Å². The smallest absolute Gasteiger partial charge is 0.233 e. The number of aromatic nitrogens is 1. The van der Waals surface area contributed by atoms with Crippen LogP contribution in [0.5, 0.6) is 0 Å². The van der Waals surface area contributed by atoms with Gasteiger partial charge in [-0.2, -0.15) is 12.6 Å². The van der Waals surface area contributed by atoms with E-state index >= 15 is 0 Å². The second-order valence-corrected chi connectivity index (χ2v) is 5.31. The van der Waals surface area contributed by atoms with Crippen LogP contribution in [0.15, 0.2) is 48.7 Å². The van der Waals surface area contributed by atoms with E-state index in [1.165, 1.54) is 0 Å². The van der Waals surface area contributed by atoms with E-state index in [1.54, 1.807) is 6.20 Å². The molecule has 2 aromatic rings. The van der Waals surface area contributed by atoms with Crippen molar-refractivity contribution >= 4 is 18.5 Å². The van der Waals surface area contributed by atoms with Crippen LogP contribution < -0.4 is 5.32 Å². The van der Waals surface area contributed by atoms with Crippen molar-refractivity contribution < 1.29 is 4.79 Å². The number of amides is 1. The Morgan fingerprint density at radius 2 is 2.00 bits per heavy atom. The van der Waals surface area contributed by atoms with Crippen molar-refractivity contribution in [2.45, 2.75) is 25.1 Å². The van der Waals surface area contributed by atoms with Gasteiger partial charge in [-0.25, -0.2) is 0 Å². The predicted molar refractivity (Wildman–Crippen MR) is 83.7 cm³/mol. The lowest BCUT2D eigenvalue weighted by Gasteiger charge is -2.12. The molecule has 0 aliphatic heterocycles. The van der Waals surface area contributed by atoms with Gasteiger partial charge in [-0.3, -0.25) is 9.78 Å². The number of nitrogens with one attached hydrogen (secondary N) is 1. The van der Waals surface area contributed by atoms with Crippen LogP contribution in [-0.4, -0.2) is 16.1 Å². The average Bonchev–Trinajstić information content (AvgIpc) is 2.47. The minimum Gasteiger partial charge on any atom is -0.349 e.